The molecule has 0 radical (unpaired) electrons. The molecule has 0 aromatic heterocycles. The van der Waals surface area contributed by atoms with Gasteiger partial charge >= 0.3 is 6.03 Å². The molecule has 3 aliphatic rings. The van der Waals surface area contributed by atoms with Crippen LogP contribution >= 0.6 is 0 Å². The van der Waals surface area contributed by atoms with Crippen LogP contribution in [0.3, 0.4) is 0 Å². The van der Waals surface area contributed by atoms with Crippen LogP contribution in [-0.4, -0.2) is 53.5 Å². The van der Waals surface area contributed by atoms with E-state index < -0.39 is 5.54 Å². The smallest absolute Gasteiger partial charge is 0.325 e. The normalized spacial score (nSPS) is 22.4. The number of hydrogen-bond acceptors (Lipinski definition) is 4. The molecular formula is C29H33N3O3. The highest BCUT2D eigenvalue weighted by molar-refractivity contribution is 6.07. The van der Waals surface area contributed by atoms with E-state index in [9.17, 15) is 9.59 Å². The molecular weight excluding hydrogens is 438 g/mol. The number of aryl methyl sites for hydroxylation is 1. The highest BCUT2D eigenvalue weighted by Crippen LogP contribution is 2.37. The maximum atomic E-state index is 13.7. The monoisotopic (exact) mass is 471 g/mol. The highest BCUT2D eigenvalue weighted by Gasteiger charge is 2.55. The van der Waals surface area contributed by atoms with E-state index >= 15 is 0 Å². The standard InChI is InChI=1S/C29H33N3O3/c1-2-3-16-32-27(33)29(30-28(32)34,15-11-22-7-5-4-6-8-22)25-12-17-31(18-13-25)21-23-9-10-26-24(20-23)14-19-35-26/h4-10,20,25H,11-19,21H2,1H3,(H,30,34). The van der Waals surface area contributed by atoms with Crippen molar-refractivity contribution in [1.82, 2.24) is 15.1 Å². The first-order chi connectivity index (χ1) is 17.1. The van der Waals surface area contributed by atoms with Gasteiger partial charge in [-0.25, -0.2) is 4.79 Å². The minimum absolute atomic E-state index is 0.104. The molecule has 6 heteroatoms. The molecule has 0 saturated carbocycles. The summed E-state index contributed by atoms with van der Waals surface area (Å²) < 4.78 is 5.64. The summed E-state index contributed by atoms with van der Waals surface area (Å²) in [6.07, 6.45) is 4.09. The van der Waals surface area contributed by atoms with E-state index in [0.29, 0.717) is 6.42 Å². The Kier molecular flexibility index (Phi) is 6.79. The van der Waals surface area contributed by atoms with Gasteiger partial charge in [0.1, 0.15) is 11.3 Å². The number of carbonyl (C=O) groups excluding carboxylic acids is 2. The third-order valence-electron chi connectivity index (χ3n) is 7.71. The van der Waals surface area contributed by atoms with Crippen LogP contribution in [0, 0.1) is 17.8 Å². The predicted octanol–water partition coefficient (Wildman–Crippen LogP) is 3.78. The fraction of sp³-hybridized carbons (Fsp3) is 0.448. The molecule has 2 aromatic carbocycles. The topological polar surface area (TPSA) is 61.9 Å². The van der Waals surface area contributed by atoms with Gasteiger partial charge in [-0.2, -0.15) is 0 Å². The number of benzene rings is 2. The van der Waals surface area contributed by atoms with Gasteiger partial charge in [-0.05, 0) is 74.4 Å². The number of nitrogens with one attached hydrogen (secondary N) is 1. The second-order valence-electron chi connectivity index (χ2n) is 9.80. The highest BCUT2D eigenvalue weighted by atomic mass is 16.5. The lowest BCUT2D eigenvalue weighted by Gasteiger charge is -2.41. The van der Waals surface area contributed by atoms with Gasteiger partial charge in [0.05, 0.1) is 13.2 Å². The average Bonchev–Trinajstić information content (AvgIpc) is 3.45. The van der Waals surface area contributed by atoms with E-state index in [0.717, 1.165) is 57.7 Å². The number of urea groups is 1. The summed E-state index contributed by atoms with van der Waals surface area (Å²) in [5.41, 5.74) is 2.92. The molecule has 3 heterocycles. The van der Waals surface area contributed by atoms with Gasteiger partial charge < -0.3 is 10.1 Å². The van der Waals surface area contributed by atoms with Gasteiger partial charge in [0.25, 0.3) is 5.91 Å². The van der Waals surface area contributed by atoms with Crippen molar-refractivity contribution < 1.29 is 14.3 Å². The van der Waals surface area contributed by atoms with E-state index in [-0.39, 0.29) is 24.4 Å². The molecule has 0 aliphatic carbocycles. The van der Waals surface area contributed by atoms with Crippen LogP contribution in [0.15, 0.2) is 48.5 Å². The third-order valence-corrected chi connectivity index (χ3v) is 7.71. The molecule has 1 N–H and O–H groups in total. The number of rotatable bonds is 7. The number of hydrogen-bond donors (Lipinski definition) is 1. The first-order valence-corrected chi connectivity index (χ1v) is 12.6. The number of fused-ring (bicyclic) bond motifs is 1. The molecule has 2 fully saturated rings. The van der Waals surface area contributed by atoms with E-state index in [2.05, 4.69) is 52.4 Å². The largest absolute Gasteiger partial charge is 0.493 e. The average molecular weight is 472 g/mol. The maximum Gasteiger partial charge on any atom is 0.325 e. The summed E-state index contributed by atoms with van der Waals surface area (Å²) in [5, 5.41) is 3.15. The number of piperidine rings is 1. The molecule has 182 valence electrons. The zero-order valence-corrected chi connectivity index (χ0v) is 20.4. The maximum absolute atomic E-state index is 13.7. The Hall–Kier alpha value is -3.30. The molecule has 6 nitrogen and oxygen atoms in total. The van der Waals surface area contributed by atoms with E-state index in [1.807, 2.05) is 18.2 Å². The lowest BCUT2D eigenvalue weighted by Crippen LogP contribution is -2.56. The summed E-state index contributed by atoms with van der Waals surface area (Å²) in [4.78, 5) is 30.3. The first kappa shape index (κ1) is 23.4. The summed E-state index contributed by atoms with van der Waals surface area (Å²) in [7, 11) is 0. The minimum Gasteiger partial charge on any atom is -0.493 e. The number of nitrogens with zero attached hydrogens (tertiary/aromatic N) is 2. The summed E-state index contributed by atoms with van der Waals surface area (Å²) in [6.45, 7) is 5.36. The Morgan fingerprint density at radius 3 is 2.66 bits per heavy atom. The van der Waals surface area contributed by atoms with Crippen molar-refractivity contribution in [3.05, 3.63) is 65.2 Å². The summed E-state index contributed by atoms with van der Waals surface area (Å²) in [5.74, 6) is 6.71. The molecule has 3 amide bonds. The van der Waals surface area contributed by atoms with Crippen molar-refractivity contribution in [1.29, 1.82) is 0 Å². The SMILES string of the molecule is CC#CCN1C(=O)NC(CCc2ccccc2)(C2CCN(Cc3ccc4c(c3)CCO4)CC2)C1=O. The second kappa shape index (κ2) is 10.1. The van der Waals surface area contributed by atoms with Gasteiger partial charge in [0.2, 0.25) is 0 Å². The Bertz CT molecular complexity index is 1140. The van der Waals surface area contributed by atoms with Crippen LogP contribution in [-0.2, 0) is 24.2 Å². The summed E-state index contributed by atoms with van der Waals surface area (Å²) in [6, 6.07) is 16.4. The molecule has 2 aromatic rings. The summed E-state index contributed by atoms with van der Waals surface area (Å²) >= 11 is 0. The van der Waals surface area contributed by atoms with Crippen molar-refractivity contribution in [3.63, 3.8) is 0 Å². The number of ether oxygens (including phenoxy) is 1. The fourth-order valence-electron chi connectivity index (χ4n) is 5.76. The van der Waals surface area contributed by atoms with E-state index in [1.54, 1.807) is 6.92 Å². The number of carbonyl (C=O) groups is 2. The van der Waals surface area contributed by atoms with Crippen LogP contribution in [0.2, 0.25) is 0 Å². The Balaban J connectivity index is 1.29. The third kappa shape index (κ3) is 4.78. The van der Waals surface area contributed by atoms with Crippen LogP contribution in [0.5, 0.6) is 5.75 Å². The molecule has 1 unspecified atom stereocenters. The van der Waals surface area contributed by atoms with Gasteiger partial charge in [0.15, 0.2) is 0 Å². The van der Waals surface area contributed by atoms with Gasteiger partial charge in [0, 0.05) is 13.0 Å². The molecule has 5 rings (SSSR count). The van der Waals surface area contributed by atoms with Gasteiger partial charge in [-0.15, -0.1) is 5.92 Å². The van der Waals surface area contributed by atoms with Crippen molar-refractivity contribution in [3.8, 4) is 17.6 Å². The molecule has 35 heavy (non-hydrogen) atoms. The van der Waals surface area contributed by atoms with E-state index in [4.69, 9.17) is 4.74 Å². The van der Waals surface area contributed by atoms with Crippen molar-refractivity contribution in [2.75, 3.05) is 26.2 Å². The zero-order chi connectivity index (χ0) is 24.3. The van der Waals surface area contributed by atoms with Crippen LogP contribution in [0.4, 0.5) is 4.79 Å². The zero-order valence-electron chi connectivity index (χ0n) is 20.4. The molecule has 0 bridgehead atoms. The van der Waals surface area contributed by atoms with Crippen LogP contribution < -0.4 is 10.1 Å². The van der Waals surface area contributed by atoms with Crippen molar-refractivity contribution in [2.45, 2.75) is 51.1 Å². The Labute approximate surface area is 207 Å². The second-order valence-corrected chi connectivity index (χ2v) is 9.80. The minimum atomic E-state index is -0.862. The van der Waals surface area contributed by atoms with Crippen LogP contribution in [0.25, 0.3) is 0 Å². The van der Waals surface area contributed by atoms with Gasteiger partial charge in [-0.3, -0.25) is 14.6 Å². The van der Waals surface area contributed by atoms with Crippen LogP contribution in [0.1, 0.15) is 42.9 Å². The molecule has 3 aliphatic heterocycles. The first-order valence-electron chi connectivity index (χ1n) is 12.6. The Morgan fingerprint density at radius 2 is 1.89 bits per heavy atom. The lowest BCUT2D eigenvalue weighted by atomic mass is 9.74. The molecule has 2 saturated heterocycles. The quantitative estimate of drug-likeness (QED) is 0.493. The number of imide groups is 1. The molecule has 0 spiro atoms. The fourth-order valence-corrected chi connectivity index (χ4v) is 5.76. The predicted molar refractivity (Wildman–Crippen MR) is 135 cm³/mol. The Morgan fingerprint density at radius 1 is 1.09 bits per heavy atom. The number of amides is 3. The van der Waals surface area contributed by atoms with Crippen molar-refractivity contribution >= 4 is 11.9 Å². The lowest BCUT2D eigenvalue weighted by molar-refractivity contribution is -0.134. The van der Waals surface area contributed by atoms with E-state index in [1.165, 1.54) is 21.6 Å². The van der Waals surface area contributed by atoms with Gasteiger partial charge in [-0.1, -0.05) is 48.4 Å². The molecule has 1 atom stereocenters. The van der Waals surface area contributed by atoms with Crippen molar-refractivity contribution in [2.24, 2.45) is 5.92 Å². The number of likely N-dealkylation sites (tertiary alicyclic amines) is 1.